The molecule has 1 aliphatic rings. The number of nitrogens with zero attached hydrogens (tertiary/aromatic N) is 1. The Kier molecular flexibility index (Phi) is 7.73. The minimum Gasteiger partial charge on any atom is -0.465 e. The standard InChI is InChI=1S/C21H26ClNO4S2/c1-27-21(24)20-12-9-18(28-20)8-4-14-23(29(25,26)19-10-11-19)13-3-6-16-5-2-7-17(22)15-16/h2,5,7,9,12,15,19H,3-4,6,8,10-11,13-14H2,1H3. The first-order valence-electron chi connectivity index (χ1n) is 9.80. The van der Waals surface area contributed by atoms with E-state index in [1.807, 2.05) is 30.3 Å². The number of sulfonamides is 1. The van der Waals surface area contributed by atoms with E-state index in [0.29, 0.717) is 23.0 Å². The Morgan fingerprint density at radius 2 is 1.90 bits per heavy atom. The van der Waals surface area contributed by atoms with Crippen molar-refractivity contribution in [1.29, 1.82) is 0 Å². The van der Waals surface area contributed by atoms with Gasteiger partial charge in [-0.3, -0.25) is 0 Å². The zero-order valence-corrected chi connectivity index (χ0v) is 18.9. The highest BCUT2D eigenvalue weighted by molar-refractivity contribution is 7.90. The average molecular weight is 456 g/mol. The molecule has 2 aromatic rings. The molecule has 0 spiro atoms. The molecule has 0 saturated heterocycles. The second-order valence-corrected chi connectivity index (χ2v) is 11.1. The SMILES string of the molecule is COC(=O)c1ccc(CCCN(CCCc2cccc(Cl)c2)S(=O)(=O)C2CC2)s1. The molecule has 3 rings (SSSR count). The Balaban J connectivity index is 1.54. The maximum atomic E-state index is 12.8. The highest BCUT2D eigenvalue weighted by atomic mass is 35.5. The Hall–Kier alpha value is -1.41. The maximum Gasteiger partial charge on any atom is 0.348 e. The summed E-state index contributed by atoms with van der Waals surface area (Å²) in [5.41, 5.74) is 1.12. The number of carbonyl (C=O) groups excluding carboxylic acids is 1. The molecule has 1 aromatic carbocycles. The summed E-state index contributed by atoms with van der Waals surface area (Å²) in [4.78, 5) is 13.2. The minimum atomic E-state index is -3.22. The molecule has 0 bridgehead atoms. The van der Waals surface area contributed by atoms with Crippen LogP contribution in [0.4, 0.5) is 0 Å². The van der Waals surface area contributed by atoms with E-state index < -0.39 is 10.0 Å². The van der Waals surface area contributed by atoms with Gasteiger partial charge in [0.2, 0.25) is 10.0 Å². The van der Waals surface area contributed by atoms with Crippen molar-refractivity contribution < 1.29 is 17.9 Å². The molecule has 0 unspecified atom stereocenters. The van der Waals surface area contributed by atoms with E-state index in [-0.39, 0.29) is 11.2 Å². The smallest absolute Gasteiger partial charge is 0.348 e. The summed E-state index contributed by atoms with van der Waals surface area (Å²) >= 11 is 7.44. The van der Waals surface area contributed by atoms with E-state index in [0.717, 1.165) is 49.0 Å². The molecule has 1 heterocycles. The van der Waals surface area contributed by atoms with Gasteiger partial charge in [0, 0.05) is 23.0 Å². The molecule has 1 fully saturated rings. The van der Waals surface area contributed by atoms with Gasteiger partial charge >= 0.3 is 5.97 Å². The van der Waals surface area contributed by atoms with Crippen molar-refractivity contribution in [3.8, 4) is 0 Å². The van der Waals surface area contributed by atoms with E-state index in [4.69, 9.17) is 16.3 Å². The lowest BCUT2D eigenvalue weighted by Crippen LogP contribution is -2.35. The molecule has 1 aliphatic carbocycles. The Morgan fingerprint density at radius 1 is 1.17 bits per heavy atom. The molecule has 1 saturated carbocycles. The summed E-state index contributed by atoms with van der Waals surface area (Å²) in [5.74, 6) is -0.333. The summed E-state index contributed by atoms with van der Waals surface area (Å²) in [6, 6.07) is 11.4. The molecule has 158 valence electrons. The molecule has 1 aromatic heterocycles. The predicted octanol–water partition coefficient (Wildman–Crippen LogP) is 4.55. The van der Waals surface area contributed by atoms with Crippen molar-refractivity contribution >= 4 is 38.9 Å². The lowest BCUT2D eigenvalue weighted by Gasteiger charge is -2.22. The van der Waals surface area contributed by atoms with Gasteiger partial charge in [0.05, 0.1) is 12.4 Å². The lowest BCUT2D eigenvalue weighted by atomic mass is 10.1. The predicted molar refractivity (Wildman–Crippen MR) is 117 cm³/mol. The molecule has 0 radical (unpaired) electrons. The number of hydrogen-bond acceptors (Lipinski definition) is 5. The van der Waals surface area contributed by atoms with Crippen LogP contribution in [0.1, 0.15) is 45.8 Å². The fourth-order valence-corrected chi connectivity index (χ4v) is 6.35. The number of hydrogen-bond donors (Lipinski definition) is 0. The normalized spacial score (nSPS) is 14.3. The van der Waals surface area contributed by atoms with Crippen molar-refractivity contribution in [2.24, 2.45) is 0 Å². The second-order valence-electron chi connectivity index (χ2n) is 7.24. The fraction of sp³-hybridized carbons (Fsp3) is 0.476. The van der Waals surface area contributed by atoms with Crippen LogP contribution in [0, 0.1) is 0 Å². The number of aryl methyl sites for hydroxylation is 2. The van der Waals surface area contributed by atoms with Crippen molar-refractivity contribution in [3.05, 3.63) is 56.7 Å². The molecule has 0 aliphatic heterocycles. The van der Waals surface area contributed by atoms with Gasteiger partial charge in [-0.2, -0.15) is 0 Å². The molecule has 0 amide bonds. The zero-order valence-electron chi connectivity index (χ0n) is 16.5. The van der Waals surface area contributed by atoms with Crippen molar-refractivity contribution in [2.75, 3.05) is 20.2 Å². The molecule has 8 heteroatoms. The van der Waals surface area contributed by atoms with Crippen LogP contribution < -0.4 is 0 Å². The maximum absolute atomic E-state index is 12.8. The largest absolute Gasteiger partial charge is 0.465 e. The number of halogens is 1. The highest BCUT2D eigenvalue weighted by Gasteiger charge is 2.39. The van der Waals surface area contributed by atoms with E-state index in [2.05, 4.69) is 0 Å². The monoisotopic (exact) mass is 455 g/mol. The number of benzene rings is 1. The van der Waals surface area contributed by atoms with Gasteiger partial charge in [-0.15, -0.1) is 11.3 Å². The molecule has 0 atom stereocenters. The average Bonchev–Trinajstić information content (AvgIpc) is 3.46. The first-order valence-corrected chi connectivity index (χ1v) is 12.5. The molecular formula is C21H26ClNO4S2. The van der Waals surface area contributed by atoms with E-state index in [9.17, 15) is 13.2 Å². The van der Waals surface area contributed by atoms with Crippen LogP contribution in [0.15, 0.2) is 36.4 Å². The van der Waals surface area contributed by atoms with Crippen LogP contribution in [-0.4, -0.2) is 44.1 Å². The van der Waals surface area contributed by atoms with Crippen LogP contribution in [0.25, 0.3) is 0 Å². The van der Waals surface area contributed by atoms with Crippen LogP contribution in [0.3, 0.4) is 0 Å². The summed E-state index contributed by atoms with van der Waals surface area (Å²) in [7, 11) is -1.85. The number of rotatable bonds is 11. The third-order valence-electron chi connectivity index (χ3n) is 4.95. The quantitative estimate of drug-likeness (QED) is 0.466. The third kappa shape index (κ3) is 6.28. The van der Waals surface area contributed by atoms with E-state index >= 15 is 0 Å². The van der Waals surface area contributed by atoms with Crippen molar-refractivity contribution in [2.45, 2.75) is 43.8 Å². The Labute approximate surface area is 181 Å². The fourth-order valence-electron chi connectivity index (χ4n) is 3.25. The highest BCUT2D eigenvalue weighted by Crippen LogP contribution is 2.31. The van der Waals surface area contributed by atoms with Crippen LogP contribution in [0.5, 0.6) is 0 Å². The van der Waals surface area contributed by atoms with E-state index in [1.165, 1.54) is 18.4 Å². The van der Waals surface area contributed by atoms with E-state index in [1.54, 1.807) is 10.4 Å². The summed E-state index contributed by atoms with van der Waals surface area (Å²) < 4.78 is 32.0. The van der Waals surface area contributed by atoms with Crippen molar-refractivity contribution in [1.82, 2.24) is 4.31 Å². The molecule has 29 heavy (non-hydrogen) atoms. The molecule has 5 nitrogen and oxygen atoms in total. The Bertz CT molecular complexity index is 938. The number of carbonyl (C=O) groups is 1. The first-order chi connectivity index (χ1) is 13.9. The number of esters is 1. The number of ether oxygens (including phenoxy) is 1. The molecule has 0 N–H and O–H groups in total. The van der Waals surface area contributed by atoms with Crippen LogP contribution in [0.2, 0.25) is 5.02 Å². The minimum absolute atomic E-state index is 0.207. The Morgan fingerprint density at radius 3 is 2.55 bits per heavy atom. The number of thiophene rings is 1. The molecular weight excluding hydrogens is 430 g/mol. The first kappa shape index (κ1) is 22.3. The van der Waals surface area contributed by atoms with Crippen LogP contribution in [-0.2, 0) is 27.6 Å². The topological polar surface area (TPSA) is 63.7 Å². The lowest BCUT2D eigenvalue weighted by molar-refractivity contribution is 0.0606. The van der Waals surface area contributed by atoms with Gasteiger partial charge in [-0.05, 0) is 68.4 Å². The van der Waals surface area contributed by atoms with Gasteiger partial charge in [-0.1, -0.05) is 23.7 Å². The van der Waals surface area contributed by atoms with Crippen LogP contribution >= 0.6 is 22.9 Å². The second kappa shape index (κ2) is 10.1. The zero-order chi connectivity index (χ0) is 20.9. The van der Waals surface area contributed by atoms with Gasteiger partial charge in [-0.25, -0.2) is 17.5 Å². The number of methoxy groups -OCH3 is 1. The van der Waals surface area contributed by atoms with Gasteiger partial charge in [0.25, 0.3) is 0 Å². The van der Waals surface area contributed by atoms with Crippen molar-refractivity contribution in [3.63, 3.8) is 0 Å². The van der Waals surface area contributed by atoms with Gasteiger partial charge in [0.1, 0.15) is 4.88 Å². The van der Waals surface area contributed by atoms with Gasteiger partial charge < -0.3 is 4.74 Å². The summed E-state index contributed by atoms with van der Waals surface area (Å²) in [6.07, 6.45) is 4.56. The summed E-state index contributed by atoms with van der Waals surface area (Å²) in [6.45, 7) is 1.02. The van der Waals surface area contributed by atoms with Gasteiger partial charge in [0.15, 0.2) is 0 Å². The third-order valence-corrected chi connectivity index (χ3v) is 8.71. The summed E-state index contributed by atoms with van der Waals surface area (Å²) in [5, 5.41) is 0.494.